The molecule has 3 heterocycles. The summed E-state index contributed by atoms with van der Waals surface area (Å²) in [5, 5.41) is 129. The summed E-state index contributed by atoms with van der Waals surface area (Å²) in [4.78, 5) is 0. The van der Waals surface area contributed by atoms with Crippen LogP contribution in [0.1, 0.15) is 106 Å². The molecule has 3 saturated heterocycles. The topological polar surface area (TPSA) is 298 Å². The minimum Gasteiger partial charge on any atom is -0.394 e. The van der Waals surface area contributed by atoms with Crippen molar-refractivity contribution in [2.75, 3.05) is 19.8 Å². The second-order valence-corrected chi connectivity index (χ2v) is 22.5. The zero-order valence-electron chi connectivity index (χ0n) is 39.1. The maximum absolute atomic E-state index is 12.6. The van der Waals surface area contributed by atoms with Crippen LogP contribution in [0.2, 0.25) is 0 Å². The van der Waals surface area contributed by atoms with Crippen LogP contribution >= 0.6 is 0 Å². The second-order valence-electron chi connectivity index (χ2n) is 22.5. The summed E-state index contributed by atoms with van der Waals surface area (Å²) in [5.74, 6) is -0.262. The van der Waals surface area contributed by atoms with Crippen molar-refractivity contribution < 1.29 is 89.7 Å². The van der Waals surface area contributed by atoms with Gasteiger partial charge in [-0.3, -0.25) is 0 Å². The SMILES string of the molecule is C=C(C)C(O)CC[C@](C)(OC1OC[C@H](O)[C@@H](O)[C@H]1O)C1CC[C@]2(C)C1C(O)CC1C3(C)CCC(OC4O[C@H](CO)[C@@H](O)[C@H](O)[C@H]4OC4O[C@H](CO)[C@@H](O)[C@H](O)[C@H]4O)C(C)(C)C3CCC12C. The van der Waals surface area contributed by atoms with Crippen molar-refractivity contribution in [3.05, 3.63) is 12.2 Å². The van der Waals surface area contributed by atoms with Gasteiger partial charge in [-0.2, -0.15) is 0 Å². The van der Waals surface area contributed by atoms with E-state index in [0.717, 1.165) is 19.3 Å². The molecule has 7 aliphatic rings. The lowest BCUT2D eigenvalue weighted by Crippen LogP contribution is -2.68. The van der Waals surface area contributed by atoms with Gasteiger partial charge in [-0.15, -0.1) is 0 Å². The third-order valence-corrected chi connectivity index (χ3v) is 18.7. The molecule has 0 aromatic rings. The van der Waals surface area contributed by atoms with E-state index in [9.17, 15) is 61.3 Å². The molecule has 65 heavy (non-hydrogen) atoms. The highest BCUT2D eigenvalue weighted by molar-refractivity contribution is 5.20. The average Bonchev–Trinajstić information content (AvgIpc) is 3.64. The number of hydrogen-bond donors (Lipinski definition) is 12. The fourth-order valence-corrected chi connectivity index (χ4v) is 14.6. The summed E-state index contributed by atoms with van der Waals surface area (Å²) in [6.07, 6.45) is -17.4. The van der Waals surface area contributed by atoms with Crippen LogP contribution in [-0.4, -0.2) is 191 Å². The smallest absolute Gasteiger partial charge is 0.187 e. The summed E-state index contributed by atoms with van der Waals surface area (Å²) in [7, 11) is 0. The van der Waals surface area contributed by atoms with Gasteiger partial charge in [0.25, 0.3) is 0 Å². The summed E-state index contributed by atoms with van der Waals surface area (Å²) >= 11 is 0. The van der Waals surface area contributed by atoms with Crippen LogP contribution in [0.15, 0.2) is 12.2 Å². The van der Waals surface area contributed by atoms with Crippen LogP contribution < -0.4 is 0 Å². The van der Waals surface area contributed by atoms with Gasteiger partial charge in [0.2, 0.25) is 0 Å². The molecule has 7 rings (SSSR count). The molecule has 4 aliphatic carbocycles. The van der Waals surface area contributed by atoms with Crippen LogP contribution in [0.3, 0.4) is 0 Å². The normalized spacial score (nSPS) is 52.4. The molecule has 0 bridgehead atoms. The van der Waals surface area contributed by atoms with E-state index in [1.54, 1.807) is 6.92 Å². The zero-order chi connectivity index (χ0) is 47.9. The van der Waals surface area contributed by atoms with Crippen LogP contribution in [-0.2, 0) is 28.4 Å². The Morgan fingerprint density at radius 3 is 1.92 bits per heavy atom. The second kappa shape index (κ2) is 19.0. The molecular weight excluding hydrogens is 852 g/mol. The van der Waals surface area contributed by atoms with Crippen LogP contribution in [0, 0.1) is 45.3 Å². The molecule has 0 amide bonds. The fraction of sp³-hybridized carbons (Fsp3) is 0.957. The Morgan fingerprint density at radius 1 is 0.692 bits per heavy atom. The maximum Gasteiger partial charge on any atom is 0.187 e. The molecule has 12 N–H and O–H groups in total. The first-order valence-electron chi connectivity index (χ1n) is 23.9. The largest absolute Gasteiger partial charge is 0.394 e. The third-order valence-electron chi connectivity index (χ3n) is 18.7. The number of ether oxygens (including phenoxy) is 6. The molecular formula is C47H80O18. The monoisotopic (exact) mass is 933 g/mol. The van der Waals surface area contributed by atoms with E-state index in [0.29, 0.717) is 44.1 Å². The van der Waals surface area contributed by atoms with Gasteiger partial charge >= 0.3 is 0 Å². The Labute approximate surface area is 382 Å². The molecule has 376 valence electrons. The van der Waals surface area contributed by atoms with Gasteiger partial charge in [0, 0.05) is 0 Å². The molecule has 12 unspecified atom stereocenters. The van der Waals surface area contributed by atoms with E-state index in [4.69, 9.17) is 28.4 Å². The molecule has 7 fully saturated rings. The standard InChI is InChI=1S/C47H80O18/c1-21(2)23(50)10-16-47(8,65-40-37(58)32(53)25(52)20-60-40)22-9-14-46(7)31(22)24(51)17-29-44(5)13-12-30(43(3,4)28(44)11-15-45(29,46)6)63-42-39(36(57)34(55)27(19-49)62-42)64-41-38(59)35(56)33(54)26(18-48)61-41/h22-42,48-59H,1,9-20H2,2-8H3/t22?,23?,24?,25-,26+,27+,28?,29?,30?,31?,32+,33+,34+,35-,36-,37+,38+,39+,40?,41?,42?,44?,45?,46+,47-/m0/s1. The van der Waals surface area contributed by atoms with E-state index >= 15 is 0 Å². The highest BCUT2D eigenvalue weighted by Gasteiger charge is 2.72. The third kappa shape index (κ3) is 8.72. The van der Waals surface area contributed by atoms with Crippen LogP contribution in [0.25, 0.3) is 0 Å². The Morgan fingerprint density at radius 2 is 1.29 bits per heavy atom. The first kappa shape index (κ1) is 51.9. The molecule has 0 aromatic carbocycles. The van der Waals surface area contributed by atoms with Crippen molar-refractivity contribution >= 4 is 0 Å². The predicted octanol–water partition coefficient (Wildman–Crippen LogP) is -0.417. The Balaban J connectivity index is 1.13. The molecule has 3 aliphatic heterocycles. The van der Waals surface area contributed by atoms with Gasteiger partial charge in [0.05, 0.1) is 43.7 Å². The Kier molecular flexibility index (Phi) is 15.1. The number of fused-ring (bicyclic) bond motifs is 5. The number of aliphatic hydroxyl groups excluding tert-OH is 12. The summed E-state index contributed by atoms with van der Waals surface area (Å²) in [5.41, 5.74) is -1.79. The van der Waals surface area contributed by atoms with Gasteiger partial charge < -0.3 is 89.7 Å². The van der Waals surface area contributed by atoms with E-state index in [1.807, 2.05) is 6.92 Å². The van der Waals surface area contributed by atoms with Gasteiger partial charge in [-0.05, 0) is 117 Å². The van der Waals surface area contributed by atoms with Crippen LogP contribution in [0.5, 0.6) is 0 Å². The Hall–Kier alpha value is -0.980. The lowest BCUT2D eigenvalue weighted by atomic mass is 9.35. The number of hydrogen-bond acceptors (Lipinski definition) is 18. The molecule has 0 spiro atoms. The zero-order valence-corrected chi connectivity index (χ0v) is 39.1. The quantitative estimate of drug-likeness (QED) is 0.0825. The highest BCUT2D eigenvalue weighted by atomic mass is 16.8. The summed E-state index contributed by atoms with van der Waals surface area (Å²) in [6, 6.07) is 0. The van der Waals surface area contributed by atoms with Crippen molar-refractivity contribution in [2.45, 2.75) is 216 Å². The van der Waals surface area contributed by atoms with Crippen molar-refractivity contribution in [3.8, 4) is 0 Å². The van der Waals surface area contributed by atoms with Gasteiger partial charge in [0.15, 0.2) is 18.9 Å². The molecule has 18 heteroatoms. The highest BCUT2D eigenvalue weighted by Crippen LogP contribution is 2.76. The minimum atomic E-state index is -1.79. The molecule has 0 aromatic heterocycles. The van der Waals surface area contributed by atoms with Crippen molar-refractivity contribution in [1.29, 1.82) is 0 Å². The molecule has 4 saturated carbocycles. The van der Waals surface area contributed by atoms with E-state index in [2.05, 4.69) is 41.2 Å². The maximum atomic E-state index is 12.6. The van der Waals surface area contributed by atoms with Gasteiger partial charge in [0.1, 0.15) is 67.1 Å². The predicted molar refractivity (Wildman–Crippen MR) is 229 cm³/mol. The lowest BCUT2D eigenvalue weighted by Gasteiger charge is -2.71. The molecule has 25 atom stereocenters. The van der Waals surface area contributed by atoms with E-state index in [1.165, 1.54) is 0 Å². The Bertz CT molecular complexity index is 1650. The number of rotatable bonds is 13. The molecule has 0 radical (unpaired) electrons. The number of aliphatic hydroxyl groups is 12. The fourth-order valence-electron chi connectivity index (χ4n) is 14.6. The van der Waals surface area contributed by atoms with Crippen molar-refractivity contribution in [1.82, 2.24) is 0 Å². The lowest BCUT2D eigenvalue weighted by molar-refractivity contribution is -0.378. The van der Waals surface area contributed by atoms with Crippen molar-refractivity contribution in [3.63, 3.8) is 0 Å². The van der Waals surface area contributed by atoms with Gasteiger partial charge in [-0.1, -0.05) is 46.8 Å². The summed E-state index contributed by atoms with van der Waals surface area (Å²) in [6.45, 7) is 17.4. The average molecular weight is 933 g/mol. The van der Waals surface area contributed by atoms with Crippen molar-refractivity contribution in [2.24, 2.45) is 45.3 Å². The first-order valence-corrected chi connectivity index (χ1v) is 23.9. The van der Waals surface area contributed by atoms with Crippen LogP contribution in [0.4, 0.5) is 0 Å². The molecule has 18 nitrogen and oxygen atoms in total. The summed E-state index contributed by atoms with van der Waals surface area (Å²) < 4.78 is 36.9. The van der Waals surface area contributed by atoms with E-state index < -0.39 is 129 Å². The first-order chi connectivity index (χ1) is 30.3. The van der Waals surface area contributed by atoms with E-state index in [-0.39, 0.29) is 46.5 Å². The minimum absolute atomic E-state index is 0.0814. The van der Waals surface area contributed by atoms with Gasteiger partial charge in [-0.25, -0.2) is 0 Å².